The minimum atomic E-state index is -1.29. The van der Waals surface area contributed by atoms with Crippen molar-refractivity contribution in [2.24, 2.45) is 11.5 Å². The molecule has 18 heavy (non-hydrogen) atoms. The Morgan fingerprint density at radius 2 is 1.94 bits per heavy atom. The van der Waals surface area contributed by atoms with Crippen LogP contribution < -0.4 is 16.2 Å². The van der Waals surface area contributed by atoms with Gasteiger partial charge < -0.3 is 20.3 Å². The van der Waals surface area contributed by atoms with E-state index in [-0.39, 0.29) is 16.3 Å². The van der Waals surface area contributed by atoms with Gasteiger partial charge in [0.05, 0.1) is 0 Å². The van der Waals surface area contributed by atoms with Crippen LogP contribution in [0.5, 0.6) is 5.75 Å². The highest BCUT2D eigenvalue weighted by molar-refractivity contribution is 7.80. The summed E-state index contributed by atoms with van der Waals surface area (Å²) in [5.74, 6) is -1.40. The molecule has 0 bridgehead atoms. The highest BCUT2D eigenvalue weighted by Crippen LogP contribution is 2.18. The highest BCUT2D eigenvalue weighted by Gasteiger charge is 2.17. The summed E-state index contributed by atoms with van der Waals surface area (Å²) in [5.41, 5.74) is 10.2. The summed E-state index contributed by atoms with van der Waals surface area (Å²) in [5, 5.41) is 8.85. The number of nitrogens with two attached hydrogens (primary N) is 2. The van der Waals surface area contributed by atoms with Gasteiger partial charge in [-0.25, -0.2) is 9.59 Å². The minimum absolute atomic E-state index is 0.162. The van der Waals surface area contributed by atoms with Crippen LogP contribution in [0.15, 0.2) is 24.3 Å². The van der Waals surface area contributed by atoms with Gasteiger partial charge in [0.2, 0.25) is 6.23 Å². The van der Waals surface area contributed by atoms with Crippen LogP contribution in [-0.4, -0.2) is 28.4 Å². The number of hydrogen-bond donors (Lipinski definition) is 3. The number of carboxylic acids is 1. The van der Waals surface area contributed by atoms with E-state index in [9.17, 15) is 9.59 Å². The number of para-hydroxylation sites is 1. The van der Waals surface area contributed by atoms with Crippen LogP contribution >= 0.6 is 12.2 Å². The van der Waals surface area contributed by atoms with Gasteiger partial charge in [0.25, 0.3) is 0 Å². The summed E-state index contributed by atoms with van der Waals surface area (Å²) in [7, 11) is 0. The number of ether oxygens (including phenoxy) is 2. The van der Waals surface area contributed by atoms with E-state index in [2.05, 4.69) is 17.0 Å². The van der Waals surface area contributed by atoms with Gasteiger partial charge in [-0.15, -0.1) is 0 Å². The van der Waals surface area contributed by atoms with Crippen LogP contribution in [-0.2, 0) is 4.74 Å². The number of carbonyl (C=O) groups is 2. The second kappa shape index (κ2) is 5.94. The predicted molar refractivity (Wildman–Crippen MR) is 65.3 cm³/mol. The molecule has 0 saturated carbocycles. The van der Waals surface area contributed by atoms with Crippen molar-refractivity contribution in [3.05, 3.63) is 29.8 Å². The molecule has 1 atom stereocenters. The van der Waals surface area contributed by atoms with E-state index in [4.69, 9.17) is 21.3 Å². The van der Waals surface area contributed by atoms with Crippen molar-refractivity contribution in [1.82, 2.24) is 0 Å². The van der Waals surface area contributed by atoms with E-state index >= 15 is 0 Å². The Hall–Kier alpha value is -2.19. The zero-order valence-corrected chi connectivity index (χ0v) is 9.85. The lowest BCUT2D eigenvalue weighted by atomic mass is 10.2. The molecule has 0 amide bonds. The van der Waals surface area contributed by atoms with Crippen LogP contribution in [0.25, 0.3) is 0 Å². The van der Waals surface area contributed by atoms with Gasteiger partial charge in [0.15, 0.2) is 0 Å². The fourth-order valence-corrected chi connectivity index (χ4v) is 1.06. The Morgan fingerprint density at radius 1 is 1.33 bits per heavy atom. The Morgan fingerprint density at radius 3 is 2.50 bits per heavy atom. The van der Waals surface area contributed by atoms with Crippen molar-refractivity contribution in [1.29, 1.82) is 0 Å². The quantitative estimate of drug-likeness (QED) is 0.312. The molecule has 0 spiro atoms. The second-order valence-electron chi connectivity index (χ2n) is 3.09. The van der Waals surface area contributed by atoms with Gasteiger partial charge in [-0.3, -0.25) is 5.73 Å². The molecule has 1 aromatic carbocycles. The zero-order valence-electron chi connectivity index (χ0n) is 9.03. The zero-order chi connectivity index (χ0) is 13.7. The lowest BCUT2D eigenvalue weighted by Gasteiger charge is -2.11. The van der Waals surface area contributed by atoms with Crippen molar-refractivity contribution in [2.75, 3.05) is 0 Å². The van der Waals surface area contributed by atoms with Crippen molar-refractivity contribution in [2.45, 2.75) is 6.23 Å². The Balaban J connectivity index is 2.76. The molecule has 0 fully saturated rings. The van der Waals surface area contributed by atoms with Gasteiger partial charge in [-0.05, 0) is 12.1 Å². The average molecular weight is 270 g/mol. The summed E-state index contributed by atoms with van der Waals surface area (Å²) in [6.07, 6.45) is -2.48. The van der Waals surface area contributed by atoms with Crippen LogP contribution in [0, 0.1) is 0 Å². The third-order valence-electron chi connectivity index (χ3n) is 1.81. The molecule has 0 saturated heterocycles. The normalized spacial score (nSPS) is 11.4. The molecule has 96 valence electrons. The number of hydrogen-bond acceptors (Lipinski definition) is 6. The SMILES string of the molecule is NC(=S)[C@@H](N)OC(=O)Oc1ccccc1C(=O)O. The van der Waals surface area contributed by atoms with E-state index in [1.165, 1.54) is 24.3 Å². The second-order valence-corrected chi connectivity index (χ2v) is 3.57. The van der Waals surface area contributed by atoms with E-state index in [0.29, 0.717) is 0 Å². The molecule has 1 aromatic rings. The molecule has 5 N–H and O–H groups in total. The van der Waals surface area contributed by atoms with Crippen LogP contribution in [0.3, 0.4) is 0 Å². The minimum Gasteiger partial charge on any atom is -0.478 e. The molecule has 7 nitrogen and oxygen atoms in total. The molecule has 0 aliphatic carbocycles. The highest BCUT2D eigenvalue weighted by atomic mass is 32.1. The standard InChI is InChI=1S/C10H10N2O5S/c11-7(8(12)18)17-10(15)16-6-4-2-1-3-5(6)9(13)14/h1-4,7H,11H2,(H2,12,18)(H,13,14)/t7-/m0/s1. The smallest absolute Gasteiger partial charge is 0.478 e. The molecule has 8 heteroatoms. The van der Waals surface area contributed by atoms with E-state index in [0.717, 1.165) is 0 Å². The van der Waals surface area contributed by atoms with Crippen LogP contribution in [0.1, 0.15) is 10.4 Å². The number of rotatable bonds is 4. The summed E-state index contributed by atoms with van der Waals surface area (Å²) in [6, 6.07) is 5.57. The van der Waals surface area contributed by atoms with Crippen molar-refractivity contribution in [3.63, 3.8) is 0 Å². The van der Waals surface area contributed by atoms with Crippen molar-refractivity contribution < 1.29 is 24.2 Å². The molecule has 0 aliphatic heterocycles. The first-order chi connectivity index (χ1) is 8.41. The van der Waals surface area contributed by atoms with Gasteiger partial charge in [-0.1, -0.05) is 24.4 Å². The first-order valence-corrected chi connectivity index (χ1v) is 5.08. The van der Waals surface area contributed by atoms with Crippen molar-refractivity contribution >= 4 is 29.3 Å². The third-order valence-corrected chi connectivity index (χ3v) is 2.05. The predicted octanol–water partition coefficient (Wildman–Crippen LogP) is 0.471. The van der Waals surface area contributed by atoms with Gasteiger partial charge >= 0.3 is 12.1 Å². The lowest BCUT2D eigenvalue weighted by molar-refractivity contribution is 0.0685. The molecular weight excluding hydrogens is 260 g/mol. The fourth-order valence-electron chi connectivity index (χ4n) is 1.01. The Labute approximate surface area is 107 Å². The van der Waals surface area contributed by atoms with E-state index < -0.39 is 18.4 Å². The third kappa shape index (κ3) is 3.68. The Kier molecular flexibility index (Phi) is 4.58. The number of benzene rings is 1. The first kappa shape index (κ1) is 13.9. The van der Waals surface area contributed by atoms with Crippen LogP contribution in [0.2, 0.25) is 0 Å². The van der Waals surface area contributed by atoms with Crippen molar-refractivity contribution in [3.8, 4) is 5.75 Å². The molecule has 0 radical (unpaired) electrons. The maximum Gasteiger partial charge on any atom is 0.515 e. The number of carboxylic acid groups (broad SMARTS) is 1. The lowest BCUT2D eigenvalue weighted by Crippen LogP contribution is -2.39. The molecule has 0 unspecified atom stereocenters. The van der Waals surface area contributed by atoms with Gasteiger partial charge in [0, 0.05) is 0 Å². The monoisotopic (exact) mass is 270 g/mol. The van der Waals surface area contributed by atoms with E-state index in [1.54, 1.807) is 0 Å². The molecular formula is C10H10N2O5S. The average Bonchev–Trinajstić information content (AvgIpc) is 2.28. The number of carbonyl (C=O) groups excluding carboxylic acids is 1. The summed E-state index contributed by atoms with van der Waals surface area (Å²) in [4.78, 5) is 21.9. The van der Waals surface area contributed by atoms with Crippen LogP contribution in [0.4, 0.5) is 4.79 Å². The van der Waals surface area contributed by atoms with E-state index in [1.807, 2.05) is 0 Å². The molecule has 0 heterocycles. The fraction of sp³-hybridized carbons (Fsp3) is 0.100. The number of thiocarbonyl (C=S) groups is 1. The summed E-state index contributed by atoms with van der Waals surface area (Å²) in [6.45, 7) is 0. The first-order valence-electron chi connectivity index (χ1n) is 4.67. The number of aromatic carboxylic acids is 1. The largest absolute Gasteiger partial charge is 0.515 e. The maximum atomic E-state index is 11.3. The molecule has 1 rings (SSSR count). The summed E-state index contributed by atoms with van der Waals surface area (Å²) < 4.78 is 9.20. The maximum absolute atomic E-state index is 11.3. The van der Waals surface area contributed by atoms with Gasteiger partial charge in [-0.2, -0.15) is 0 Å². The molecule has 0 aromatic heterocycles. The molecule has 0 aliphatic rings. The Bertz CT molecular complexity index is 491. The van der Waals surface area contributed by atoms with Gasteiger partial charge in [0.1, 0.15) is 16.3 Å². The topological polar surface area (TPSA) is 125 Å². The summed E-state index contributed by atoms with van der Waals surface area (Å²) >= 11 is 4.49.